The van der Waals surface area contributed by atoms with Crippen LogP contribution in [0.15, 0.2) is 48.5 Å². The van der Waals surface area contributed by atoms with Crippen LogP contribution in [-0.4, -0.2) is 41.8 Å². The van der Waals surface area contributed by atoms with E-state index < -0.39 is 0 Å². The van der Waals surface area contributed by atoms with Crippen molar-refractivity contribution in [1.82, 2.24) is 10.2 Å². The van der Waals surface area contributed by atoms with Crippen LogP contribution in [0.2, 0.25) is 0 Å². The molecule has 0 atom stereocenters. The number of nitrogens with zero attached hydrogens (tertiary/aromatic N) is 2. The highest BCUT2D eigenvalue weighted by atomic mass is 16.2. The zero-order valence-electron chi connectivity index (χ0n) is 17.3. The average Bonchev–Trinajstić information content (AvgIpc) is 3.51. The molecule has 0 bridgehead atoms. The first-order chi connectivity index (χ1) is 14.5. The van der Waals surface area contributed by atoms with Crippen LogP contribution in [0.3, 0.4) is 0 Å². The van der Waals surface area contributed by atoms with Gasteiger partial charge in [0.15, 0.2) is 0 Å². The molecule has 6 heteroatoms. The molecule has 0 spiro atoms. The lowest BCUT2D eigenvalue weighted by molar-refractivity contribution is -0.131. The Kier molecular flexibility index (Phi) is 5.84. The summed E-state index contributed by atoms with van der Waals surface area (Å²) in [6.45, 7) is 3.31. The van der Waals surface area contributed by atoms with Crippen LogP contribution in [0.4, 0.5) is 5.69 Å². The molecule has 1 heterocycles. The standard InChI is InChI=1S/C24H27N3O3/c1-17-4-6-18(7-5-17)16-27(21-12-13-21)23(29)15-25-24(30)19-8-10-20(11-9-19)26-14-2-3-22(26)28/h4-11,21H,2-3,12-16H2,1H3,(H,25,30). The quantitative estimate of drug-likeness (QED) is 0.770. The van der Waals surface area contributed by atoms with Gasteiger partial charge in [0.2, 0.25) is 11.8 Å². The zero-order valence-corrected chi connectivity index (χ0v) is 17.3. The lowest BCUT2D eigenvalue weighted by Gasteiger charge is -2.23. The Morgan fingerprint density at radius 2 is 1.77 bits per heavy atom. The van der Waals surface area contributed by atoms with Gasteiger partial charge in [0.25, 0.3) is 5.91 Å². The Balaban J connectivity index is 1.33. The van der Waals surface area contributed by atoms with Gasteiger partial charge >= 0.3 is 0 Å². The molecule has 156 valence electrons. The SMILES string of the molecule is Cc1ccc(CN(C(=O)CNC(=O)c2ccc(N3CCCC3=O)cc2)C2CC2)cc1. The fourth-order valence-corrected chi connectivity index (χ4v) is 3.77. The summed E-state index contributed by atoms with van der Waals surface area (Å²) < 4.78 is 0. The Hall–Kier alpha value is -3.15. The monoisotopic (exact) mass is 405 g/mol. The summed E-state index contributed by atoms with van der Waals surface area (Å²) in [4.78, 5) is 40.7. The van der Waals surface area contributed by atoms with Gasteiger partial charge in [-0.15, -0.1) is 0 Å². The first kappa shape index (κ1) is 20.1. The van der Waals surface area contributed by atoms with Crippen molar-refractivity contribution in [1.29, 1.82) is 0 Å². The van der Waals surface area contributed by atoms with Crippen LogP contribution in [-0.2, 0) is 16.1 Å². The molecule has 1 saturated heterocycles. The van der Waals surface area contributed by atoms with Crippen molar-refractivity contribution in [2.45, 2.75) is 45.2 Å². The fraction of sp³-hybridized carbons (Fsp3) is 0.375. The summed E-state index contributed by atoms with van der Waals surface area (Å²) in [5, 5.41) is 2.74. The molecule has 2 aromatic rings. The topological polar surface area (TPSA) is 69.7 Å². The lowest BCUT2D eigenvalue weighted by atomic mass is 10.1. The van der Waals surface area contributed by atoms with Crippen molar-refractivity contribution in [2.75, 3.05) is 18.0 Å². The van der Waals surface area contributed by atoms with Gasteiger partial charge in [-0.25, -0.2) is 0 Å². The molecule has 0 radical (unpaired) electrons. The van der Waals surface area contributed by atoms with E-state index in [2.05, 4.69) is 5.32 Å². The Bertz CT molecular complexity index is 933. The number of nitrogens with one attached hydrogen (secondary N) is 1. The van der Waals surface area contributed by atoms with Gasteiger partial charge in [0, 0.05) is 36.8 Å². The molecule has 1 aliphatic heterocycles. The summed E-state index contributed by atoms with van der Waals surface area (Å²) >= 11 is 0. The highest BCUT2D eigenvalue weighted by molar-refractivity contribution is 5.98. The third-order valence-corrected chi connectivity index (χ3v) is 5.70. The predicted octanol–water partition coefficient (Wildman–Crippen LogP) is 3.04. The van der Waals surface area contributed by atoms with Crippen LogP contribution >= 0.6 is 0 Å². The van der Waals surface area contributed by atoms with Crippen molar-refractivity contribution < 1.29 is 14.4 Å². The van der Waals surface area contributed by atoms with E-state index in [0.717, 1.165) is 37.1 Å². The summed E-state index contributed by atoms with van der Waals surface area (Å²) in [5.41, 5.74) is 3.58. The molecule has 0 unspecified atom stereocenters. The molecule has 2 aromatic carbocycles. The average molecular weight is 405 g/mol. The van der Waals surface area contributed by atoms with Crippen molar-refractivity contribution in [3.8, 4) is 0 Å². The highest BCUT2D eigenvalue weighted by Gasteiger charge is 2.32. The van der Waals surface area contributed by atoms with Crippen LogP contribution in [0.25, 0.3) is 0 Å². The van der Waals surface area contributed by atoms with E-state index in [9.17, 15) is 14.4 Å². The number of carbonyl (C=O) groups excluding carboxylic acids is 3. The largest absolute Gasteiger partial charge is 0.343 e. The molecule has 30 heavy (non-hydrogen) atoms. The third-order valence-electron chi connectivity index (χ3n) is 5.70. The van der Waals surface area contributed by atoms with Crippen molar-refractivity contribution in [3.63, 3.8) is 0 Å². The van der Waals surface area contributed by atoms with Gasteiger partial charge < -0.3 is 15.1 Å². The maximum atomic E-state index is 12.8. The third kappa shape index (κ3) is 4.70. The number of amides is 3. The first-order valence-electron chi connectivity index (χ1n) is 10.5. The zero-order chi connectivity index (χ0) is 21.1. The maximum absolute atomic E-state index is 12.8. The Morgan fingerprint density at radius 3 is 2.37 bits per heavy atom. The fourth-order valence-electron chi connectivity index (χ4n) is 3.77. The molecule has 3 amide bonds. The van der Waals surface area contributed by atoms with E-state index in [1.54, 1.807) is 29.2 Å². The van der Waals surface area contributed by atoms with Crippen LogP contribution in [0.5, 0.6) is 0 Å². The molecule has 2 aliphatic rings. The van der Waals surface area contributed by atoms with E-state index >= 15 is 0 Å². The van der Waals surface area contributed by atoms with E-state index in [4.69, 9.17) is 0 Å². The molecule has 2 fully saturated rings. The predicted molar refractivity (Wildman–Crippen MR) is 115 cm³/mol. The normalized spacial score (nSPS) is 15.9. The van der Waals surface area contributed by atoms with Gasteiger partial charge in [0.05, 0.1) is 6.54 Å². The van der Waals surface area contributed by atoms with Gasteiger partial charge in [-0.3, -0.25) is 14.4 Å². The minimum Gasteiger partial charge on any atom is -0.343 e. The molecular formula is C24H27N3O3. The molecule has 6 nitrogen and oxygen atoms in total. The molecule has 1 aliphatic carbocycles. The highest BCUT2D eigenvalue weighted by Crippen LogP contribution is 2.28. The summed E-state index contributed by atoms with van der Waals surface area (Å²) in [6.07, 6.45) is 3.47. The van der Waals surface area contributed by atoms with E-state index in [0.29, 0.717) is 18.5 Å². The molecule has 1 saturated carbocycles. The minimum absolute atomic E-state index is 0.0203. The number of hydrogen-bond acceptors (Lipinski definition) is 3. The number of hydrogen-bond donors (Lipinski definition) is 1. The number of benzene rings is 2. The number of carbonyl (C=O) groups is 3. The Morgan fingerprint density at radius 1 is 1.07 bits per heavy atom. The smallest absolute Gasteiger partial charge is 0.251 e. The summed E-state index contributed by atoms with van der Waals surface area (Å²) in [6, 6.07) is 15.4. The Labute approximate surface area is 176 Å². The minimum atomic E-state index is -0.284. The van der Waals surface area contributed by atoms with E-state index in [1.165, 1.54) is 5.56 Å². The number of rotatable bonds is 7. The van der Waals surface area contributed by atoms with Gasteiger partial charge in [0.1, 0.15) is 0 Å². The second-order valence-electron chi connectivity index (χ2n) is 8.12. The van der Waals surface area contributed by atoms with Crippen LogP contribution in [0.1, 0.15) is 47.2 Å². The van der Waals surface area contributed by atoms with E-state index in [1.807, 2.05) is 36.1 Å². The van der Waals surface area contributed by atoms with Crippen LogP contribution in [0, 0.1) is 6.92 Å². The van der Waals surface area contributed by atoms with Gasteiger partial charge in [-0.2, -0.15) is 0 Å². The van der Waals surface area contributed by atoms with Gasteiger partial charge in [-0.1, -0.05) is 29.8 Å². The number of anilines is 1. The molecule has 4 rings (SSSR count). The molecule has 0 aromatic heterocycles. The van der Waals surface area contributed by atoms with Gasteiger partial charge in [-0.05, 0) is 56.0 Å². The maximum Gasteiger partial charge on any atom is 0.251 e. The second kappa shape index (κ2) is 8.69. The summed E-state index contributed by atoms with van der Waals surface area (Å²) in [5.74, 6) is -0.231. The molecular weight excluding hydrogens is 378 g/mol. The van der Waals surface area contributed by atoms with Crippen LogP contribution < -0.4 is 10.2 Å². The van der Waals surface area contributed by atoms with Crippen molar-refractivity contribution >= 4 is 23.4 Å². The lowest BCUT2D eigenvalue weighted by Crippen LogP contribution is -2.41. The second-order valence-corrected chi connectivity index (χ2v) is 8.12. The van der Waals surface area contributed by atoms with Crippen molar-refractivity contribution in [3.05, 3.63) is 65.2 Å². The summed E-state index contributed by atoms with van der Waals surface area (Å²) in [7, 11) is 0. The number of aryl methyl sites for hydroxylation is 1. The van der Waals surface area contributed by atoms with Crippen molar-refractivity contribution in [2.24, 2.45) is 0 Å². The molecule has 1 N–H and O–H groups in total. The first-order valence-corrected chi connectivity index (χ1v) is 10.5. The van der Waals surface area contributed by atoms with E-state index in [-0.39, 0.29) is 30.3 Å².